The number of hydrogen-bond donors (Lipinski definition) is 2. The van der Waals surface area contributed by atoms with E-state index in [0.29, 0.717) is 5.56 Å². The molecule has 2 aromatic heterocycles. The van der Waals surface area contributed by atoms with Crippen LogP contribution in [0.2, 0.25) is 0 Å². The topological polar surface area (TPSA) is 112 Å². The lowest BCUT2D eigenvalue weighted by Gasteiger charge is -2.13. The Kier molecular flexibility index (Phi) is 7.34. The first-order valence-electron chi connectivity index (χ1n) is 11.2. The van der Waals surface area contributed by atoms with Gasteiger partial charge in [0.2, 0.25) is 0 Å². The molecule has 2 heterocycles. The number of aromatic nitrogens is 4. The third-order valence-corrected chi connectivity index (χ3v) is 5.52. The molecular formula is C24H22F4N4O5. The van der Waals surface area contributed by atoms with Crippen LogP contribution in [0.25, 0.3) is 11.2 Å². The third-order valence-electron chi connectivity index (χ3n) is 5.52. The number of rotatable bonds is 9. The number of fused-ring (bicyclic) bond motifs is 1. The SMILES string of the molecule is O=c1c2c(nc(Oc3cccc(O)c3)n2Cc2ccc(F)cc2)n(CCC(F)(F)F)c(=O)n1CCCO. The number of phenolic OH excluding ortho intramolecular Hbond substituents is 1. The number of ether oxygens (including phenoxy) is 1. The van der Waals surface area contributed by atoms with Crippen molar-refractivity contribution >= 4 is 11.2 Å². The lowest BCUT2D eigenvalue weighted by molar-refractivity contribution is -0.136. The first-order valence-corrected chi connectivity index (χ1v) is 11.2. The van der Waals surface area contributed by atoms with Gasteiger partial charge in [0.1, 0.15) is 17.3 Å². The zero-order chi connectivity index (χ0) is 26.7. The summed E-state index contributed by atoms with van der Waals surface area (Å²) in [4.78, 5) is 30.7. The molecule has 196 valence electrons. The molecule has 0 fully saturated rings. The van der Waals surface area contributed by atoms with Gasteiger partial charge in [0, 0.05) is 25.8 Å². The molecule has 9 nitrogen and oxygen atoms in total. The van der Waals surface area contributed by atoms with E-state index < -0.39 is 36.2 Å². The van der Waals surface area contributed by atoms with Crippen molar-refractivity contribution in [1.82, 2.24) is 18.7 Å². The van der Waals surface area contributed by atoms with Gasteiger partial charge in [-0.15, -0.1) is 0 Å². The Morgan fingerprint density at radius 1 is 0.973 bits per heavy atom. The molecule has 0 atom stereocenters. The van der Waals surface area contributed by atoms with E-state index in [-0.39, 0.29) is 54.8 Å². The molecule has 0 saturated carbocycles. The Morgan fingerprint density at radius 2 is 1.70 bits per heavy atom. The first kappa shape index (κ1) is 25.9. The average Bonchev–Trinajstić information content (AvgIpc) is 3.17. The monoisotopic (exact) mass is 522 g/mol. The van der Waals surface area contributed by atoms with Gasteiger partial charge in [-0.2, -0.15) is 18.2 Å². The maximum atomic E-state index is 13.5. The Hall–Kier alpha value is -4.13. The highest BCUT2D eigenvalue weighted by atomic mass is 19.4. The summed E-state index contributed by atoms with van der Waals surface area (Å²) in [6, 6.07) is 10.7. The van der Waals surface area contributed by atoms with E-state index in [1.165, 1.54) is 53.1 Å². The zero-order valence-corrected chi connectivity index (χ0v) is 19.3. The van der Waals surface area contributed by atoms with E-state index >= 15 is 0 Å². The number of imidazole rings is 1. The minimum absolute atomic E-state index is 0.0126. The molecular weight excluding hydrogens is 500 g/mol. The molecule has 0 radical (unpaired) electrons. The summed E-state index contributed by atoms with van der Waals surface area (Å²) in [5.74, 6) is -0.518. The van der Waals surface area contributed by atoms with Crippen LogP contribution in [0, 0.1) is 5.82 Å². The van der Waals surface area contributed by atoms with Crippen LogP contribution in [0.1, 0.15) is 18.4 Å². The highest BCUT2D eigenvalue weighted by Crippen LogP contribution is 2.28. The van der Waals surface area contributed by atoms with Crippen LogP contribution in [0.15, 0.2) is 58.1 Å². The summed E-state index contributed by atoms with van der Waals surface area (Å²) < 4.78 is 61.2. The van der Waals surface area contributed by atoms with Crippen molar-refractivity contribution < 1.29 is 32.5 Å². The number of nitrogens with zero attached hydrogens (tertiary/aromatic N) is 4. The van der Waals surface area contributed by atoms with Gasteiger partial charge < -0.3 is 14.9 Å². The van der Waals surface area contributed by atoms with Crippen LogP contribution in [0.5, 0.6) is 17.5 Å². The molecule has 4 aromatic rings. The van der Waals surface area contributed by atoms with Gasteiger partial charge in [-0.3, -0.25) is 18.5 Å². The fourth-order valence-electron chi connectivity index (χ4n) is 3.79. The smallest absolute Gasteiger partial charge is 0.390 e. The number of aliphatic hydroxyl groups is 1. The van der Waals surface area contributed by atoms with Crippen LogP contribution < -0.4 is 16.0 Å². The molecule has 0 bridgehead atoms. The van der Waals surface area contributed by atoms with Gasteiger partial charge >= 0.3 is 17.9 Å². The predicted molar refractivity (Wildman–Crippen MR) is 124 cm³/mol. The number of benzene rings is 2. The normalized spacial score (nSPS) is 11.8. The Balaban J connectivity index is 1.97. The molecule has 2 N–H and O–H groups in total. The van der Waals surface area contributed by atoms with Crippen LogP contribution in [-0.4, -0.2) is 41.7 Å². The lowest BCUT2D eigenvalue weighted by atomic mass is 10.2. The quantitative estimate of drug-likeness (QED) is 0.326. The van der Waals surface area contributed by atoms with E-state index in [1.54, 1.807) is 0 Å². The van der Waals surface area contributed by atoms with Gasteiger partial charge in [0.25, 0.3) is 5.56 Å². The van der Waals surface area contributed by atoms with Crippen molar-refractivity contribution in [3.8, 4) is 17.5 Å². The van der Waals surface area contributed by atoms with Crippen molar-refractivity contribution in [2.45, 2.75) is 38.7 Å². The highest BCUT2D eigenvalue weighted by Gasteiger charge is 2.29. The predicted octanol–water partition coefficient (Wildman–Crippen LogP) is 3.38. The highest BCUT2D eigenvalue weighted by molar-refractivity contribution is 5.72. The maximum Gasteiger partial charge on any atom is 0.390 e. The van der Waals surface area contributed by atoms with Crippen LogP contribution >= 0.6 is 0 Å². The molecule has 0 unspecified atom stereocenters. The Labute approximate surface area is 206 Å². The molecule has 0 aliphatic rings. The maximum absolute atomic E-state index is 13.5. The number of aliphatic hydroxyl groups excluding tert-OH is 1. The van der Waals surface area contributed by atoms with Crippen molar-refractivity contribution in [2.24, 2.45) is 0 Å². The second-order valence-corrected chi connectivity index (χ2v) is 8.21. The third kappa shape index (κ3) is 5.82. The summed E-state index contributed by atoms with van der Waals surface area (Å²) in [7, 11) is 0. The van der Waals surface area contributed by atoms with Crippen LogP contribution in [0.3, 0.4) is 0 Å². The van der Waals surface area contributed by atoms with Gasteiger partial charge in [-0.05, 0) is 36.2 Å². The van der Waals surface area contributed by atoms with Gasteiger partial charge in [0.05, 0.1) is 13.0 Å². The van der Waals surface area contributed by atoms with Gasteiger partial charge in [0.15, 0.2) is 11.2 Å². The second kappa shape index (κ2) is 10.5. The molecule has 0 aliphatic heterocycles. The summed E-state index contributed by atoms with van der Waals surface area (Å²) in [5, 5.41) is 19.0. The average molecular weight is 522 g/mol. The second-order valence-electron chi connectivity index (χ2n) is 8.21. The molecule has 0 amide bonds. The van der Waals surface area contributed by atoms with Crippen molar-refractivity contribution in [3.63, 3.8) is 0 Å². The molecule has 4 rings (SSSR count). The Bertz CT molecular complexity index is 1520. The summed E-state index contributed by atoms with van der Waals surface area (Å²) >= 11 is 0. The lowest BCUT2D eigenvalue weighted by Crippen LogP contribution is -2.41. The number of hydrogen-bond acceptors (Lipinski definition) is 6. The molecule has 0 saturated heterocycles. The van der Waals surface area contributed by atoms with Gasteiger partial charge in [-0.1, -0.05) is 18.2 Å². The molecule has 13 heteroatoms. The Morgan fingerprint density at radius 3 is 2.35 bits per heavy atom. The van der Waals surface area contributed by atoms with Gasteiger partial charge in [-0.25, -0.2) is 9.18 Å². The van der Waals surface area contributed by atoms with E-state index in [1.807, 2.05) is 0 Å². The number of alkyl halides is 3. The summed E-state index contributed by atoms with van der Waals surface area (Å²) in [5.41, 5.74) is -1.87. The van der Waals surface area contributed by atoms with E-state index in [2.05, 4.69) is 4.98 Å². The molecule has 0 aliphatic carbocycles. The molecule has 37 heavy (non-hydrogen) atoms. The number of halogens is 4. The summed E-state index contributed by atoms with van der Waals surface area (Å²) in [6.07, 6.45) is -5.93. The fraction of sp³-hybridized carbons (Fsp3) is 0.292. The first-order chi connectivity index (χ1) is 17.6. The standard InChI is InChI=1S/C24H22F4N4O5/c25-16-7-5-15(6-8-16)14-32-19-20(29-22(32)37-18-4-1-3-17(34)13-18)30(11-9-24(26,27)28)23(36)31(21(19)35)10-2-12-33/h1,3-8,13,33-34H,2,9-12,14H2. The number of aryl methyl sites for hydroxylation is 1. The summed E-state index contributed by atoms with van der Waals surface area (Å²) in [6.45, 7) is -1.50. The number of phenols is 1. The molecule has 2 aromatic carbocycles. The van der Waals surface area contributed by atoms with Crippen LogP contribution in [0.4, 0.5) is 17.6 Å². The van der Waals surface area contributed by atoms with Crippen molar-refractivity contribution in [3.05, 3.63) is 80.7 Å². The van der Waals surface area contributed by atoms with E-state index in [9.17, 15) is 37.4 Å². The van der Waals surface area contributed by atoms with Crippen molar-refractivity contribution in [1.29, 1.82) is 0 Å². The van der Waals surface area contributed by atoms with Crippen molar-refractivity contribution in [2.75, 3.05) is 6.61 Å². The minimum atomic E-state index is -4.59. The fourth-order valence-corrected chi connectivity index (χ4v) is 3.79. The largest absolute Gasteiger partial charge is 0.508 e. The number of aromatic hydroxyl groups is 1. The molecule has 0 spiro atoms. The zero-order valence-electron chi connectivity index (χ0n) is 19.3. The van der Waals surface area contributed by atoms with E-state index in [4.69, 9.17) is 4.74 Å². The van der Waals surface area contributed by atoms with E-state index in [0.717, 1.165) is 9.13 Å². The van der Waals surface area contributed by atoms with Crippen LogP contribution in [-0.2, 0) is 19.6 Å². The minimum Gasteiger partial charge on any atom is -0.508 e.